The summed E-state index contributed by atoms with van der Waals surface area (Å²) in [6.45, 7) is 4.28. The maximum Gasteiger partial charge on any atom is 0.257 e. The van der Waals surface area contributed by atoms with E-state index in [0.717, 1.165) is 16.5 Å². The molecule has 1 atom stereocenters. The number of amides is 1. The lowest BCUT2D eigenvalue weighted by atomic mass is 10.2. The van der Waals surface area contributed by atoms with E-state index in [9.17, 15) is 4.79 Å². The average molecular weight is 330 g/mol. The summed E-state index contributed by atoms with van der Waals surface area (Å²) in [4.78, 5) is 11.5. The zero-order valence-electron chi connectivity index (χ0n) is 11.3. The van der Waals surface area contributed by atoms with Crippen molar-refractivity contribution in [1.29, 1.82) is 0 Å². The Balaban J connectivity index is 2.26. The molecule has 0 aromatic heterocycles. The van der Waals surface area contributed by atoms with Crippen molar-refractivity contribution >= 4 is 21.8 Å². The zero-order chi connectivity index (χ0) is 14.3. The van der Waals surface area contributed by atoms with E-state index in [1.165, 1.54) is 0 Å². The van der Waals surface area contributed by atoms with Gasteiger partial charge in [0, 0.05) is 6.54 Å². The average Bonchev–Trinajstić information content (AvgIpc) is 2.33. The molecule has 0 aliphatic carbocycles. The number of aliphatic hydroxyl groups excluding tert-OH is 1. The monoisotopic (exact) mass is 329 g/mol. The van der Waals surface area contributed by atoms with Crippen LogP contribution in [-0.4, -0.2) is 30.3 Å². The van der Waals surface area contributed by atoms with Crippen LogP contribution in [0.3, 0.4) is 0 Å². The number of hydrogen-bond acceptors (Lipinski definition) is 3. The quantitative estimate of drug-likeness (QED) is 0.755. The van der Waals surface area contributed by atoms with Gasteiger partial charge in [-0.25, -0.2) is 0 Å². The second-order valence-corrected chi connectivity index (χ2v) is 5.42. The van der Waals surface area contributed by atoms with Gasteiger partial charge in [-0.05, 0) is 60.3 Å². The molecule has 0 radical (unpaired) electrons. The maximum atomic E-state index is 11.5. The third-order valence-electron chi connectivity index (χ3n) is 2.57. The van der Waals surface area contributed by atoms with Crippen LogP contribution in [0.25, 0.3) is 0 Å². The molecular formula is C14H20BrNO3. The molecule has 0 fully saturated rings. The highest BCUT2D eigenvalue weighted by molar-refractivity contribution is 9.10. The highest BCUT2D eigenvalue weighted by atomic mass is 79.9. The van der Waals surface area contributed by atoms with Gasteiger partial charge in [0.1, 0.15) is 5.75 Å². The third kappa shape index (κ3) is 6.59. The van der Waals surface area contributed by atoms with E-state index < -0.39 is 0 Å². The van der Waals surface area contributed by atoms with Crippen molar-refractivity contribution in [1.82, 2.24) is 5.32 Å². The first-order chi connectivity index (χ1) is 8.99. The van der Waals surface area contributed by atoms with Crippen LogP contribution in [0.4, 0.5) is 0 Å². The van der Waals surface area contributed by atoms with Gasteiger partial charge in [0.05, 0.1) is 10.6 Å². The summed E-state index contributed by atoms with van der Waals surface area (Å²) in [7, 11) is 0. The summed E-state index contributed by atoms with van der Waals surface area (Å²) in [6.07, 6.45) is 1.12. The first-order valence-corrected chi connectivity index (χ1v) is 7.12. The highest BCUT2D eigenvalue weighted by Crippen LogP contribution is 2.25. The molecule has 2 N–H and O–H groups in total. The van der Waals surface area contributed by atoms with Crippen LogP contribution in [0.1, 0.15) is 25.3 Å². The van der Waals surface area contributed by atoms with Gasteiger partial charge in [-0.1, -0.05) is 6.07 Å². The molecule has 0 saturated heterocycles. The van der Waals surface area contributed by atoms with Crippen molar-refractivity contribution in [3.63, 3.8) is 0 Å². The summed E-state index contributed by atoms with van der Waals surface area (Å²) in [5, 5.41) is 11.8. The molecule has 106 valence electrons. The van der Waals surface area contributed by atoms with E-state index >= 15 is 0 Å². The molecule has 0 aliphatic heterocycles. The summed E-state index contributed by atoms with van der Waals surface area (Å²) in [6, 6.07) is 5.71. The zero-order valence-corrected chi connectivity index (χ0v) is 12.9. The Hall–Kier alpha value is -1.07. The molecule has 0 aliphatic rings. The molecule has 1 rings (SSSR count). The summed E-state index contributed by atoms with van der Waals surface area (Å²) in [5.74, 6) is 0.503. The molecule has 0 saturated carbocycles. The molecule has 4 nitrogen and oxygen atoms in total. The summed E-state index contributed by atoms with van der Waals surface area (Å²) < 4.78 is 6.27. The normalized spacial score (nSPS) is 12.0. The minimum atomic E-state index is -0.323. The summed E-state index contributed by atoms with van der Waals surface area (Å²) in [5.41, 5.74) is 1.13. The SMILES string of the molecule is Cc1ccc(OCC(=O)NCCCC(C)O)c(Br)c1. The number of carbonyl (C=O) groups is 1. The largest absolute Gasteiger partial charge is 0.483 e. The number of nitrogens with one attached hydrogen (secondary N) is 1. The first kappa shape index (κ1) is 16.0. The van der Waals surface area contributed by atoms with Crippen LogP contribution in [-0.2, 0) is 4.79 Å². The van der Waals surface area contributed by atoms with Gasteiger partial charge in [0.25, 0.3) is 5.91 Å². The number of halogens is 1. The fraction of sp³-hybridized carbons (Fsp3) is 0.500. The topological polar surface area (TPSA) is 58.6 Å². The molecule has 19 heavy (non-hydrogen) atoms. The van der Waals surface area contributed by atoms with Gasteiger partial charge < -0.3 is 15.2 Å². The maximum absolute atomic E-state index is 11.5. The molecule has 0 spiro atoms. The molecule has 0 heterocycles. The molecule has 5 heteroatoms. The van der Waals surface area contributed by atoms with E-state index in [1.54, 1.807) is 6.92 Å². The van der Waals surface area contributed by atoms with E-state index in [4.69, 9.17) is 9.84 Å². The number of aryl methyl sites for hydroxylation is 1. The highest BCUT2D eigenvalue weighted by Gasteiger charge is 2.05. The lowest BCUT2D eigenvalue weighted by Crippen LogP contribution is -2.30. The summed E-state index contributed by atoms with van der Waals surface area (Å²) >= 11 is 3.39. The minimum Gasteiger partial charge on any atom is -0.483 e. The van der Waals surface area contributed by atoms with Crippen LogP contribution < -0.4 is 10.1 Å². The number of aliphatic hydroxyl groups is 1. The fourth-order valence-electron chi connectivity index (χ4n) is 1.54. The second-order valence-electron chi connectivity index (χ2n) is 4.56. The third-order valence-corrected chi connectivity index (χ3v) is 3.19. The Kier molecular flexibility index (Phi) is 6.87. The Morgan fingerprint density at radius 3 is 2.89 bits per heavy atom. The predicted octanol–water partition coefficient (Wildman–Crippen LogP) is 2.41. The van der Waals surface area contributed by atoms with Gasteiger partial charge in [0.2, 0.25) is 0 Å². The molecule has 1 aromatic rings. The van der Waals surface area contributed by atoms with E-state index in [0.29, 0.717) is 18.7 Å². The van der Waals surface area contributed by atoms with Gasteiger partial charge in [-0.2, -0.15) is 0 Å². The molecule has 0 bridgehead atoms. The second kappa shape index (κ2) is 8.17. The molecule has 1 aromatic carbocycles. The van der Waals surface area contributed by atoms with Gasteiger partial charge >= 0.3 is 0 Å². The number of benzene rings is 1. The lowest BCUT2D eigenvalue weighted by molar-refractivity contribution is -0.123. The lowest BCUT2D eigenvalue weighted by Gasteiger charge is -2.09. The Labute approximate surface area is 122 Å². The van der Waals surface area contributed by atoms with Gasteiger partial charge in [0.15, 0.2) is 6.61 Å². The van der Waals surface area contributed by atoms with Gasteiger partial charge in [-0.15, -0.1) is 0 Å². The first-order valence-electron chi connectivity index (χ1n) is 6.32. The van der Waals surface area contributed by atoms with Crippen molar-refractivity contribution in [2.75, 3.05) is 13.2 Å². The minimum absolute atomic E-state index is 0.00363. The van der Waals surface area contributed by atoms with Crippen molar-refractivity contribution in [3.05, 3.63) is 28.2 Å². The predicted molar refractivity (Wildman–Crippen MR) is 78.3 cm³/mol. The Morgan fingerprint density at radius 1 is 1.53 bits per heavy atom. The van der Waals surface area contributed by atoms with Crippen molar-refractivity contribution < 1.29 is 14.6 Å². The van der Waals surface area contributed by atoms with Crippen molar-refractivity contribution in [2.24, 2.45) is 0 Å². The smallest absolute Gasteiger partial charge is 0.257 e. The van der Waals surface area contributed by atoms with Gasteiger partial charge in [-0.3, -0.25) is 4.79 Å². The van der Waals surface area contributed by atoms with Crippen LogP contribution in [0.5, 0.6) is 5.75 Å². The van der Waals surface area contributed by atoms with E-state index in [-0.39, 0.29) is 18.6 Å². The van der Waals surface area contributed by atoms with Crippen LogP contribution in [0, 0.1) is 6.92 Å². The van der Waals surface area contributed by atoms with Crippen LogP contribution >= 0.6 is 15.9 Å². The Bertz CT molecular complexity index is 421. The number of hydrogen-bond donors (Lipinski definition) is 2. The Morgan fingerprint density at radius 2 is 2.26 bits per heavy atom. The number of rotatable bonds is 7. The molecular weight excluding hydrogens is 310 g/mol. The van der Waals surface area contributed by atoms with E-state index in [2.05, 4.69) is 21.2 Å². The van der Waals surface area contributed by atoms with Crippen LogP contribution in [0.2, 0.25) is 0 Å². The van der Waals surface area contributed by atoms with Crippen molar-refractivity contribution in [3.8, 4) is 5.75 Å². The van der Waals surface area contributed by atoms with E-state index in [1.807, 2.05) is 25.1 Å². The van der Waals surface area contributed by atoms with Crippen molar-refractivity contribution in [2.45, 2.75) is 32.8 Å². The molecule has 1 amide bonds. The van der Waals surface area contributed by atoms with Crippen LogP contribution in [0.15, 0.2) is 22.7 Å². The standard InChI is InChI=1S/C14H20BrNO3/c1-10-5-6-13(12(15)8-10)19-9-14(18)16-7-3-4-11(2)17/h5-6,8,11,17H,3-4,7,9H2,1-2H3,(H,16,18). The number of carbonyl (C=O) groups excluding carboxylic acids is 1. The fourth-order valence-corrected chi connectivity index (χ4v) is 2.15. The molecule has 1 unspecified atom stereocenters. The number of ether oxygens (including phenoxy) is 1.